The average molecular weight is 372 g/mol. The van der Waals surface area contributed by atoms with Crippen LogP contribution >= 0.6 is 27.5 Å². The van der Waals surface area contributed by atoms with E-state index in [1.165, 1.54) is 13.2 Å². The number of hydrogen-bond donors (Lipinski definition) is 3. The predicted octanol–water partition coefficient (Wildman–Crippen LogP) is 3.04. The second-order valence-electron chi connectivity index (χ2n) is 3.97. The van der Waals surface area contributed by atoms with Crippen LogP contribution in [0, 0.1) is 0 Å². The maximum Gasteiger partial charge on any atom is 0.276 e. The van der Waals surface area contributed by atoms with E-state index in [0.717, 1.165) is 4.47 Å². The van der Waals surface area contributed by atoms with Crippen molar-refractivity contribution in [1.29, 1.82) is 0 Å². The number of nitrogens with one attached hydrogen (secondary N) is 2. The first kappa shape index (κ1) is 15.6. The van der Waals surface area contributed by atoms with Gasteiger partial charge in [-0.2, -0.15) is 0 Å². The van der Waals surface area contributed by atoms with Crippen molar-refractivity contribution in [2.24, 2.45) is 5.84 Å². The van der Waals surface area contributed by atoms with E-state index in [1.807, 2.05) is 0 Å². The second kappa shape index (κ2) is 6.75. The number of hydrazine groups is 1. The van der Waals surface area contributed by atoms with Crippen LogP contribution in [0.25, 0.3) is 0 Å². The Bertz CT molecular complexity index is 681. The molecule has 0 fully saturated rings. The maximum atomic E-state index is 12.3. The molecule has 1 heterocycles. The van der Waals surface area contributed by atoms with Gasteiger partial charge in [-0.05, 0) is 30.3 Å². The molecule has 0 atom stereocenters. The van der Waals surface area contributed by atoms with E-state index < -0.39 is 5.91 Å². The minimum atomic E-state index is -0.464. The molecule has 0 saturated carbocycles. The van der Waals surface area contributed by atoms with E-state index >= 15 is 0 Å². The van der Waals surface area contributed by atoms with Gasteiger partial charge in [0, 0.05) is 4.47 Å². The zero-order valence-electron chi connectivity index (χ0n) is 11.0. The van der Waals surface area contributed by atoms with Gasteiger partial charge in [0.1, 0.15) is 17.3 Å². The Kier molecular flexibility index (Phi) is 5.00. The van der Waals surface area contributed by atoms with Crippen molar-refractivity contribution < 1.29 is 9.53 Å². The van der Waals surface area contributed by atoms with Crippen LogP contribution in [0.1, 0.15) is 10.5 Å². The Morgan fingerprint density at radius 2 is 2.14 bits per heavy atom. The topological polar surface area (TPSA) is 89.3 Å². The van der Waals surface area contributed by atoms with E-state index in [4.69, 9.17) is 22.2 Å². The average Bonchev–Trinajstić information content (AvgIpc) is 2.48. The number of methoxy groups -OCH3 is 1. The summed E-state index contributed by atoms with van der Waals surface area (Å²) in [6, 6.07) is 8.36. The Labute approximate surface area is 134 Å². The molecule has 4 N–H and O–H groups in total. The first-order valence-corrected chi connectivity index (χ1v) is 7.00. The number of halogens is 2. The molecule has 2 rings (SSSR count). The number of anilines is 2. The van der Waals surface area contributed by atoms with Gasteiger partial charge in [0.15, 0.2) is 0 Å². The number of aromatic nitrogens is 1. The molecule has 0 aliphatic heterocycles. The lowest BCUT2D eigenvalue weighted by atomic mass is 10.2. The van der Waals surface area contributed by atoms with Gasteiger partial charge in [-0.3, -0.25) is 4.79 Å². The highest BCUT2D eigenvalue weighted by Crippen LogP contribution is 2.28. The van der Waals surface area contributed by atoms with Crippen LogP contribution in [0.3, 0.4) is 0 Å². The first-order valence-electron chi connectivity index (χ1n) is 5.83. The van der Waals surface area contributed by atoms with Crippen molar-refractivity contribution in [3.05, 3.63) is 45.5 Å². The molecule has 0 spiro atoms. The molecule has 0 aliphatic rings. The largest absolute Gasteiger partial charge is 0.495 e. The fourth-order valence-electron chi connectivity index (χ4n) is 1.64. The number of ether oxygens (including phenoxy) is 1. The van der Waals surface area contributed by atoms with Gasteiger partial charge in [0.05, 0.1) is 17.8 Å². The van der Waals surface area contributed by atoms with Gasteiger partial charge in [-0.25, -0.2) is 10.8 Å². The zero-order valence-corrected chi connectivity index (χ0v) is 13.3. The Morgan fingerprint density at radius 1 is 1.38 bits per heavy atom. The van der Waals surface area contributed by atoms with Gasteiger partial charge < -0.3 is 15.5 Å². The van der Waals surface area contributed by atoms with Crippen molar-refractivity contribution in [1.82, 2.24) is 4.98 Å². The number of hydrogen-bond acceptors (Lipinski definition) is 5. The number of benzene rings is 1. The minimum Gasteiger partial charge on any atom is -0.495 e. The van der Waals surface area contributed by atoms with E-state index in [2.05, 4.69) is 31.7 Å². The summed E-state index contributed by atoms with van der Waals surface area (Å²) in [7, 11) is 1.52. The van der Waals surface area contributed by atoms with Gasteiger partial charge in [0.25, 0.3) is 5.91 Å². The molecule has 8 heteroatoms. The Hall–Kier alpha value is -1.83. The second-order valence-corrected chi connectivity index (χ2v) is 5.29. The summed E-state index contributed by atoms with van der Waals surface area (Å²) in [6.45, 7) is 0. The number of carbonyl (C=O) groups is 1. The molecule has 0 aliphatic carbocycles. The zero-order chi connectivity index (χ0) is 15.4. The van der Waals surface area contributed by atoms with Crippen LogP contribution in [0.2, 0.25) is 5.02 Å². The molecular formula is C13H12BrClN4O2. The van der Waals surface area contributed by atoms with Crippen molar-refractivity contribution in [2.75, 3.05) is 17.9 Å². The molecule has 2 aromatic rings. The van der Waals surface area contributed by atoms with Gasteiger partial charge >= 0.3 is 0 Å². The molecule has 0 saturated heterocycles. The fourth-order valence-corrected chi connectivity index (χ4v) is 2.19. The van der Waals surface area contributed by atoms with E-state index in [9.17, 15) is 4.79 Å². The lowest BCUT2D eigenvalue weighted by Crippen LogP contribution is -2.17. The van der Waals surface area contributed by atoms with Crippen molar-refractivity contribution in [3.8, 4) is 5.75 Å². The molecule has 21 heavy (non-hydrogen) atoms. The third-order valence-electron chi connectivity index (χ3n) is 2.62. The smallest absolute Gasteiger partial charge is 0.276 e. The molecule has 1 aromatic heterocycles. The molecule has 0 unspecified atom stereocenters. The summed E-state index contributed by atoms with van der Waals surface area (Å²) in [5, 5.41) is 2.92. The van der Waals surface area contributed by atoms with Crippen LogP contribution in [0.5, 0.6) is 5.75 Å². The summed E-state index contributed by atoms with van der Waals surface area (Å²) < 4.78 is 5.99. The van der Waals surface area contributed by atoms with Gasteiger partial charge in [0.2, 0.25) is 0 Å². The number of rotatable bonds is 4. The molecule has 6 nitrogen and oxygen atoms in total. The minimum absolute atomic E-state index is 0.0640. The fraction of sp³-hybridized carbons (Fsp3) is 0.0769. The number of carbonyl (C=O) groups excluding carboxylic acids is 1. The summed E-state index contributed by atoms with van der Waals surface area (Å²) in [5.74, 6) is 5.67. The van der Waals surface area contributed by atoms with Gasteiger partial charge in [-0.1, -0.05) is 27.5 Å². The lowest BCUT2D eigenvalue weighted by molar-refractivity contribution is 0.102. The number of pyridine rings is 1. The van der Waals surface area contributed by atoms with Gasteiger partial charge in [-0.15, -0.1) is 0 Å². The monoisotopic (exact) mass is 370 g/mol. The summed E-state index contributed by atoms with van der Waals surface area (Å²) in [5.41, 5.74) is 2.93. The molecule has 110 valence electrons. The maximum absolute atomic E-state index is 12.3. The molecule has 1 amide bonds. The van der Waals surface area contributed by atoms with Crippen LogP contribution in [0.4, 0.5) is 11.5 Å². The number of nitrogens with zero attached hydrogens (tertiary/aromatic N) is 1. The van der Waals surface area contributed by atoms with Crippen molar-refractivity contribution >= 4 is 44.9 Å². The summed E-state index contributed by atoms with van der Waals surface area (Å²) in [6.07, 6.45) is 0. The first-order chi connectivity index (χ1) is 10.0. The Morgan fingerprint density at radius 3 is 2.81 bits per heavy atom. The van der Waals surface area contributed by atoms with E-state index in [-0.39, 0.29) is 10.7 Å². The van der Waals surface area contributed by atoms with E-state index in [1.54, 1.807) is 24.3 Å². The number of nitrogens with two attached hydrogens (primary N) is 1. The van der Waals surface area contributed by atoms with Crippen LogP contribution < -0.4 is 21.3 Å². The normalized spacial score (nSPS) is 10.1. The summed E-state index contributed by atoms with van der Waals surface area (Å²) >= 11 is 9.32. The highest BCUT2D eigenvalue weighted by atomic mass is 79.9. The van der Waals surface area contributed by atoms with Crippen molar-refractivity contribution in [2.45, 2.75) is 0 Å². The van der Waals surface area contributed by atoms with Crippen LogP contribution in [0.15, 0.2) is 34.8 Å². The predicted molar refractivity (Wildman–Crippen MR) is 85.7 cm³/mol. The molecule has 0 radical (unpaired) electrons. The van der Waals surface area contributed by atoms with Crippen molar-refractivity contribution in [3.63, 3.8) is 0 Å². The van der Waals surface area contributed by atoms with Crippen LogP contribution in [-0.2, 0) is 0 Å². The highest BCUT2D eigenvalue weighted by molar-refractivity contribution is 9.10. The number of amides is 1. The highest BCUT2D eigenvalue weighted by Gasteiger charge is 2.15. The molecule has 0 bridgehead atoms. The lowest BCUT2D eigenvalue weighted by Gasteiger charge is -2.11. The third kappa shape index (κ3) is 3.63. The summed E-state index contributed by atoms with van der Waals surface area (Å²) in [4.78, 5) is 16.3. The standard InChI is InChI=1S/C13H12BrClN4O2/c1-21-10-4-2-7(14)6-9(10)17-13(20)12-8(15)3-5-11(18-12)19-16/h2-6H,16H2,1H3,(H,17,20)(H,18,19). The molecular weight excluding hydrogens is 360 g/mol. The third-order valence-corrected chi connectivity index (χ3v) is 3.42. The molecule has 1 aromatic carbocycles. The quantitative estimate of drug-likeness (QED) is 0.568. The van der Waals surface area contributed by atoms with E-state index in [0.29, 0.717) is 17.3 Å². The Balaban J connectivity index is 2.32. The SMILES string of the molecule is COc1ccc(Br)cc1NC(=O)c1nc(NN)ccc1Cl. The van der Waals surface area contributed by atoms with Crippen LogP contribution in [-0.4, -0.2) is 18.0 Å². The number of nitrogen functional groups attached to an aromatic ring is 1.